The summed E-state index contributed by atoms with van der Waals surface area (Å²) in [5.74, 6) is 0.133. The molecular formula is C16H27N3O2S. The molecule has 0 spiro atoms. The fraction of sp³-hybridized carbons (Fsp3) is 0.750. The van der Waals surface area contributed by atoms with Crippen molar-refractivity contribution in [3.05, 3.63) is 16.1 Å². The van der Waals surface area contributed by atoms with Crippen LogP contribution in [0.15, 0.2) is 5.38 Å². The van der Waals surface area contributed by atoms with Gasteiger partial charge in [-0.15, -0.1) is 11.3 Å². The Morgan fingerprint density at radius 1 is 1.36 bits per heavy atom. The molecule has 0 unspecified atom stereocenters. The number of aryl methyl sites for hydroxylation is 1. The quantitative estimate of drug-likeness (QED) is 0.804. The summed E-state index contributed by atoms with van der Waals surface area (Å²) >= 11 is 1.74. The van der Waals surface area contributed by atoms with Crippen molar-refractivity contribution < 1.29 is 9.53 Å². The maximum Gasteiger partial charge on any atom is 0.251 e. The second-order valence-electron chi connectivity index (χ2n) is 5.67. The summed E-state index contributed by atoms with van der Waals surface area (Å²) < 4.78 is 5.28. The molecule has 1 saturated heterocycles. The van der Waals surface area contributed by atoms with Gasteiger partial charge in [0.2, 0.25) is 0 Å². The Kier molecular flexibility index (Phi) is 6.79. The number of ether oxygens (including phenoxy) is 1. The number of hydrogen-bond acceptors (Lipinski definition) is 5. The van der Waals surface area contributed by atoms with Crippen molar-refractivity contribution >= 4 is 17.2 Å². The van der Waals surface area contributed by atoms with Crippen LogP contribution in [0.25, 0.3) is 0 Å². The van der Waals surface area contributed by atoms with Crippen LogP contribution in [-0.4, -0.2) is 60.1 Å². The third-order valence-electron chi connectivity index (χ3n) is 4.12. The third-order valence-corrected chi connectivity index (χ3v) is 5.16. The molecule has 6 heteroatoms. The number of carbonyl (C=O) groups is 1. The number of aromatic nitrogens is 1. The monoisotopic (exact) mass is 325 g/mol. The van der Waals surface area contributed by atoms with E-state index in [1.165, 1.54) is 5.01 Å². The van der Waals surface area contributed by atoms with Gasteiger partial charge in [0, 0.05) is 45.2 Å². The summed E-state index contributed by atoms with van der Waals surface area (Å²) in [6.45, 7) is 8.55. The van der Waals surface area contributed by atoms with Crippen LogP contribution >= 0.6 is 11.3 Å². The normalized spacial score (nSPS) is 18.2. The van der Waals surface area contributed by atoms with Gasteiger partial charge in [0.05, 0.1) is 10.7 Å². The third kappa shape index (κ3) is 4.51. The van der Waals surface area contributed by atoms with Crippen molar-refractivity contribution in [3.8, 4) is 0 Å². The van der Waals surface area contributed by atoms with Gasteiger partial charge >= 0.3 is 0 Å². The van der Waals surface area contributed by atoms with E-state index >= 15 is 0 Å². The molecule has 1 aliphatic heterocycles. The maximum absolute atomic E-state index is 12.4. The minimum absolute atomic E-state index is 0.133. The second kappa shape index (κ2) is 8.60. The van der Waals surface area contributed by atoms with Crippen LogP contribution in [0.4, 0.5) is 0 Å². The van der Waals surface area contributed by atoms with Crippen LogP contribution in [-0.2, 0) is 22.5 Å². The molecule has 0 radical (unpaired) electrons. The highest BCUT2D eigenvalue weighted by Crippen LogP contribution is 2.14. The summed E-state index contributed by atoms with van der Waals surface area (Å²) in [4.78, 5) is 21.4. The number of amides is 1. The number of nitrogens with zero attached hydrogens (tertiary/aromatic N) is 3. The molecule has 1 aliphatic rings. The number of rotatable bonds is 6. The van der Waals surface area contributed by atoms with Crippen LogP contribution in [0.3, 0.4) is 0 Å². The van der Waals surface area contributed by atoms with Gasteiger partial charge in [0.15, 0.2) is 0 Å². The van der Waals surface area contributed by atoms with Crippen molar-refractivity contribution in [1.29, 1.82) is 0 Å². The molecule has 0 bridgehead atoms. The molecule has 124 valence electrons. The minimum Gasteiger partial charge on any atom is -0.372 e. The van der Waals surface area contributed by atoms with Gasteiger partial charge in [-0.3, -0.25) is 9.69 Å². The van der Waals surface area contributed by atoms with E-state index in [0.717, 1.165) is 57.7 Å². The van der Waals surface area contributed by atoms with Crippen LogP contribution < -0.4 is 0 Å². The average molecular weight is 325 g/mol. The summed E-state index contributed by atoms with van der Waals surface area (Å²) in [7, 11) is 1.61. The number of thiazole rings is 1. The summed E-state index contributed by atoms with van der Waals surface area (Å²) in [5, 5.41) is 3.36. The Labute approximate surface area is 137 Å². The summed E-state index contributed by atoms with van der Waals surface area (Å²) in [6, 6.07) is 0. The number of carbonyl (C=O) groups excluding carboxylic acids is 1. The first-order valence-electron chi connectivity index (χ1n) is 8.15. The van der Waals surface area contributed by atoms with E-state index in [1.807, 2.05) is 11.8 Å². The van der Waals surface area contributed by atoms with Crippen LogP contribution in [0.1, 0.15) is 37.4 Å². The van der Waals surface area contributed by atoms with Gasteiger partial charge in [-0.25, -0.2) is 4.98 Å². The molecule has 0 aromatic carbocycles. The highest BCUT2D eigenvalue weighted by atomic mass is 32.1. The first-order chi connectivity index (χ1) is 10.7. The molecule has 0 aliphatic carbocycles. The summed E-state index contributed by atoms with van der Waals surface area (Å²) in [5.41, 5.74) is 1.16. The zero-order valence-corrected chi connectivity index (χ0v) is 14.7. The first kappa shape index (κ1) is 17.4. The fourth-order valence-corrected chi connectivity index (χ4v) is 3.54. The van der Waals surface area contributed by atoms with Crippen molar-refractivity contribution in [2.45, 2.75) is 45.8 Å². The minimum atomic E-state index is -0.294. The Morgan fingerprint density at radius 3 is 2.82 bits per heavy atom. The molecule has 0 N–H and O–H groups in total. The molecule has 1 fully saturated rings. The Morgan fingerprint density at radius 2 is 2.18 bits per heavy atom. The van der Waals surface area contributed by atoms with Gasteiger partial charge in [0.1, 0.15) is 6.10 Å². The maximum atomic E-state index is 12.4. The highest BCUT2D eigenvalue weighted by molar-refractivity contribution is 7.09. The molecule has 2 rings (SSSR count). The molecule has 0 saturated carbocycles. The molecule has 5 nitrogen and oxygen atoms in total. The van der Waals surface area contributed by atoms with Crippen LogP contribution in [0, 0.1) is 0 Å². The van der Waals surface area contributed by atoms with Gasteiger partial charge in [-0.2, -0.15) is 0 Å². The van der Waals surface area contributed by atoms with Gasteiger partial charge in [-0.05, 0) is 19.3 Å². The van der Waals surface area contributed by atoms with E-state index in [0.29, 0.717) is 0 Å². The van der Waals surface area contributed by atoms with E-state index in [1.54, 1.807) is 18.4 Å². The van der Waals surface area contributed by atoms with Crippen molar-refractivity contribution in [1.82, 2.24) is 14.8 Å². The zero-order chi connectivity index (χ0) is 15.9. The molecule has 1 aromatic heterocycles. The topological polar surface area (TPSA) is 45.7 Å². The fourth-order valence-electron chi connectivity index (χ4n) is 2.81. The molecule has 1 atom stereocenters. The van der Waals surface area contributed by atoms with E-state index in [9.17, 15) is 4.79 Å². The predicted octanol–water partition coefficient (Wildman–Crippen LogP) is 2.16. The number of hydrogen-bond donors (Lipinski definition) is 0. The Balaban J connectivity index is 1.88. The lowest BCUT2D eigenvalue weighted by Gasteiger charge is -2.25. The van der Waals surface area contributed by atoms with Crippen molar-refractivity contribution in [3.63, 3.8) is 0 Å². The van der Waals surface area contributed by atoms with E-state index in [4.69, 9.17) is 4.74 Å². The van der Waals surface area contributed by atoms with E-state index < -0.39 is 0 Å². The lowest BCUT2D eigenvalue weighted by Crippen LogP contribution is -2.41. The lowest BCUT2D eigenvalue weighted by molar-refractivity contribution is -0.142. The van der Waals surface area contributed by atoms with Crippen LogP contribution in [0.2, 0.25) is 0 Å². The Bertz CT molecular complexity index is 474. The molecular weight excluding hydrogens is 298 g/mol. The first-order valence-corrected chi connectivity index (χ1v) is 9.03. The van der Waals surface area contributed by atoms with Crippen molar-refractivity contribution in [2.75, 3.05) is 33.3 Å². The van der Waals surface area contributed by atoms with Crippen molar-refractivity contribution in [2.24, 2.45) is 0 Å². The Hall–Kier alpha value is -0.980. The largest absolute Gasteiger partial charge is 0.372 e. The highest BCUT2D eigenvalue weighted by Gasteiger charge is 2.25. The van der Waals surface area contributed by atoms with Gasteiger partial charge in [0.25, 0.3) is 5.91 Å². The van der Waals surface area contributed by atoms with E-state index in [2.05, 4.69) is 22.2 Å². The summed E-state index contributed by atoms with van der Waals surface area (Å²) in [6.07, 6.45) is 2.45. The molecule has 1 aromatic rings. The SMILES string of the molecule is CCc1nc(CN2CCCN(C(=O)[C@@H](CC)OC)CC2)cs1. The average Bonchev–Trinajstić information content (AvgIpc) is 2.85. The van der Waals surface area contributed by atoms with Crippen LogP contribution in [0.5, 0.6) is 0 Å². The smallest absolute Gasteiger partial charge is 0.251 e. The van der Waals surface area contributed by atoms with Gasteiger partial charge in [-0.1, -0.05) is 13.8 Å². The second-order valence-corrected chi connectivity index (χ2v) is 6.62. The molecule has 2 heterocycles. The number of methoxy groups -OCH3 is 1. The lowest BCUT2D eigenvalue weighted by atomic mass is 10.2. The molecule has 1 amide bonds. The standard InChI is InChI=1S/C16H27N3O2S/c1-4-14(21-3)16(20)19-8-6-7-18(9-10-19)11-13-12-22-15(5-2)17-13/h12,14H,4-11H2,1-3H3/t14-/m1/s1. The van der Waals surface area contributed by atoms with Gasteiger partial charge < -0.3 is 9.64 Å². The zero-order valence-electron chi connectivity index (χ0n) is 13.9. The van der Waals surface area contributed by atoms with E-state index in [-0.39, 0.29) is 12.0 Å². The molecule has 22 heavy (non-hydrogen) atoms. The predicted molar refractivity (Wildman–Crippen MR) is 89.1 cm³/mol.